The monoisotopic (exact) mass is 277 g/mol. The summed E-state index contributed by atoms with van der Waals surface area (Å²) in [5.41, 5.74) is 2.46. The summed E-state index contributed by atoms with van der Waals surface area (Å²) in [4.78, 5) is 2.44. The van der Waals surface area contributed by atoms with Crippen LogP contribution in [0.15, 0.2) is 12.1 Å². The van der Waals surface area contributed by atoms with Gasteiger partial charge >= 0.3 is 0 Å². The maximum Gasteiger partial charge on any atom is 0.126 e. The number of hydrogen-bond donors (Lipinski definition) is 1. The fourth-order valence-corrected chi connectivity index (χ4v) is 4.02. The number of benzene rings is 1. The van der Waals surface area contributed by atoms with Crippen molar-refractivity contribution in [2.75, 3.05) is 11.4 Å². The quantitative estimate of drug-likeness (QED) is 0.884. The third-order valence-electron chi connectivity index (χ3n) is 5.06. The van der Waals surface area contributed by atoms with Gasteiger partial charge in [-0.1, -0.05) is 6.42 Å². The highest BCUT2D eigenvalue weighted by atomic mass is 19.1. The number of piperidine rings is 1. The SMILES string of the molecule is Cc1cc(N2CCCC3CCCC32)c(C(C)O)cc1F. The van der Waals surface area contributed by atoms with E-state index in [0.29, 0.717) is 11.6 Å². The zero-order chi connectivity index (χ0) is 14.3. The number of rotatable bonds is 2. The lowest BCUT2D eigenvalue weighted by Gasteiger charge is -2.41. The summed E-state index contributed by atoms with van der Waals surface area (Å²) >= 11 is 0. The van der Waals surface area contributed by atoms with Crippen molar-refractivity contribution in [2.24, 2.45) is 5.92 Å². The molecule has 0 spiro atoms. The van der Waals surface area contributed by atoms with E-state index >= 15 is 0 Å². The predicted octanol–water partition coefficient (Wildman–Crippen LogP) is 3.96. The summed E-state index contributed by atoms with van der Waals surface area (Å²) in [6, 6.07) is 4.04. The average molecular weight is 277 g/mol. The lowest BCUT2D eigenvalue weighted by atomic mass is 9.90. The fourth-order valence-electron chi connectivity index (χ4n) is 4.02. The van der Waals surface area contributed by atoms with Crippen LogP contribution < -0.4 is 4.90 Å². The number of fused-ring (bicyclic) bond motifs is 1. The van der Waals surface area contributed by atoms with Crippen LogP contribution in [-0.2, 0) is 0 Å². The van der Waals surface area contributed by atoms with Crippen LogP contribution in [0.5, 0.6) is 0 Å². The van der Waals surface area contributed by atoms with E-state index in [0.717, 1.165) is 23.7 Å². The van der Waals surface area contributed by atoms with Gasteiger partial charge < -0.3 is 10.0 Å². The summed E-state index contributed by atoms with van der Waals surface area (Å²) in [6.07, 6.45) is 5.77. The van der Waals surface area contributed by atoms with Crippen molar-refractivity contribution in [3.63, 3.8) is 0 Å². The van der Waals surface area contributed by atoms with Gasteiger partial charge in [0, 0.05) is 23.8 Å². The molecule has 110 valence electrons. The Morgan fingerprint density at radius 1 is 1.25 bits per heavy atom. The summed E-state index contributed by atoms with van der Waals surface area (Å²) in [5.74, 6) is 0.570. The first kappa shape index (κ1) is 13.9. The van der Waals surface area contributed by atoms with Gasteiger partial charge in [-0.2, -0.15) is 0 Å². The Labute approximate surface area is 120 Å². The first-order valence-electron chi connectivity index (χ1n) is 7.82. The summed E-state index contributed by atoms with van der Waals surface area (Å²) in [7, 11) is 0. The molecule has 1 aromatic rings. The van der Waals surface area contributed by atoms with Gasteiger partial charge in [-0.05, 0) is 63.1 Å². The highest BCUT2D eigenvalue weighted by Crippen LogP contribution is 2.41. The second-order valence-corrected chi connectivity index (χ2v) is 6.43. The molecule has 0 bridgehead atoms. The Morgan fingerprint density at radius 3 is 2.75 bits per heavy atom. The maximum absolute atomic E-state index is 13.8. The first-order valence-corrected chi connectivity index (χ1v) is 7.82. The Morgan fingerprint density at radius 2 is 2.00 bits per heavy atom. The molecule has 2 aliphatic rings. The molecule has 0 amide bonds. The number of aliphatic hydroxyl groups is 1. The molecule has 2 nitrogen and oxygen atoms in total. The molecule has 1 heterocycles. The van der Waals surface area contributed by atoms with Crippen LogP contribution >= 0.6 is 0 Å². The van der Waals surface area contributed by atoms with Crippen LogP contribution in [0.3, 0.4) is 0 Å². The van der Waals surface area contributed by atoms with Gasteiger partial charge in [0.25, 0.3) is 0 Å². The van der Waals surface area contributed by atoms with Crippen molar-refractivity contribution in [1.29, 1.82) is 0 Å². The average Bonchev–Trinajstić information content (AvgIpc) is 2.89. The Hall–Kier alpha value is -1.09. The number of aliphatic hydroxyl groups excluding tert-OH is 1. The molecule has 0 radical (unpaired) electrons. The molecule has 1 aliphatic heterocycles. The smallest absolute Gasteiger partial charge is 0.126 e. The van der Waals surface area contributed by atoms with Gasteiger partial charge in [0.15, 0.2) is 0 Å². The molecule has 20 heavy (non-hydrogen) atoms. The second-order valence-electron chi connectivity index (χ2n) is 6.43. The highest BCUT2D eigenvalue weighted by Gasteiger charge is 2.36. The van der Waals surface area contributed by atoms with E-state index in [4.69, 9.17) is 0 Å². The lowest BCUT2D eigenvalue weighted by Crippen LogP contribution is -2.43. The number of anilines is 1. The summed E-state index contributed by atoms with van der Waals surface area (Å²) in [5, 5.41) is 10.00. The zero-order valence-corrected chi connectivity index (χ0v) is 12.4. The highest BCUT2D eigenvalue weighted by molar-refractivity contribution is 5.58. The summed E-state index contributed by atoms with van der Waals surface area (Å²) in [6.45, 7) is 4.57. The van der Waals surface area contributed by atoms with Gasteiger partial charge in [0.05, 0.1) is 6.10 Å². The van der Waals surface area contributed by atoms with Crippen molar-refractivity contribution < 1.29 is 9.50 Å². The molecule has 3 unspecified atom stereocenters. The Balaban J connectivity index is 2.01. The molecule has 1 aromatic carbocycles. The van der Waals surface area contributed by atoms with E-state index < -0.39 is 6.10 Å². The molecule has 1 aliphatic carbocycles. The Kier molecular flexibility index (Phi) is 3.72. The number of halogens is 1. The van der Waals surface area contributed by atoms with E-state index in [2.05, 4.69) is 4.90 Å². The van der Waals surface area contributed by atoms with E-state index in [1.165, 1.54) is 38.2 Å². The van der Waals surface area contributed by atoms with Gasteiger partial charge in [0.2, 0.25) is 0 Å². The topological polar surface area (TPSA) is 23.5 Å². The summed E-state index contributed by atoms with van der Waals surface area (Å²) < 4.78 is 13.8. The van der Waals surface area contributed by atoms with Crippen LogP contribution in [-0.4, -0.2) is 17.7 Å². The minimum absolute atomic E-state index is 0.218. The van der Waals surface area contributed by atoms with Crippen LogP contribution in [0.1, 0.15) is 56.3 Å². The van der Waals surface area contributed by atoms with Crippen LogP contribution in [0.4, 0.5) is 10.1 Å². The largest absolute Gasteiger partial charge is 0.389 e. The van der Waals surface area contributed by atoms with E-state index in [1.54, 1.807) is 13.8 Å². The molecular formula is C17H24FNO. The van der Waals surface area contributed by atoms with Crippen molar-refractivity contribution in [2.45, 2.75) is 58.1 Å². The first-order chi connectivity index (χ1) is 9.58. The molecular weight excluding hydrogens is 253 g/mol. The molecule has 1 N–H and O–H groups in total. The molecule has 1 saturated carbocycles. The molecule has 3 rings (SSSR count). The number of aryl methyl sites for hydroxylation is 1. The van der Waals surface area contributed by atoms with E-state index in [-0.39, 0.29) is 5.82 Å². The maximum atomic E-state index is 13.8. The van der Waals surface area contributed by atoms with Gasteiger partial charge in [-0.15, -0.1) is 0 Å². The van der Waals surface area contributed by atoms with Gasteiger partial charge in [-0.3, -0.25) is 0 Å². The van der Waals surface area contributed by atoms with Gasteiger partial charge in [0.1, 0.15) is 5.82 Å². The molecule has 0 aromatic heterocycles. The molecule has 1 saturated heterocycles. The van der Waals surface area contributed by atoms with Crippen molar-refractivity contribution in [3.8, 4) is 0 Å². The van der Waals surface area contributed by atoms with Crippen LogP contribution in [0, 0.1) is 18.7 Å². The zero-order valence-electron chi connectivity index (χ0n) is 12.4. The van der Waals surface area contributed by atoms with Crippen LogP contribution in [0.25, 0.3) is 0 Å². The fraction of sp³-hybridized carbons (Fsp3) is 0.647. The van der Waals surface area contributed by atoms with Gasteiger partial charge in [-0.25, -0.2) is 4.39 Å². The molecule has 3 atom stereocenters. The number of hydrogen-bond acceptors (Lipinski definition) is 2. The molecule has 3 heteroatoms. The lowest BCUT2D eigenvalue weighted by molar-refractivity contribution is 0.198. The van der Waals surface area contributed by atoms with Crippen molar-refractivity contribution in [3.05, 3.63) is 29.1 Å². The third kappa shape index (κ3) is 2.32. The second kappa shape index (κ2) is 5.36. The Bertz CT molecular complexity index is 500. The normalized spacial score (nSPS) is 27.5. The molecule has 2 fully saturated rings. The van der Waals surface area contributed by atoms with Crippen molar-refractivity contribution >= 4 is 5.69 Å². The minimum atomic E-state index is -0.623. The van der Waals surface area contributed by atoms with E-state index in [9.17, 15) is 9.50 Å². The minimum Gasteiger partial charge on any atom is -0.389 e. The third-order valence-corrected chi connectivity index (χ3v) is 5.06. The van der Waals surface area contributed by atoms with E-state index in [1.807, 2.05) is 6.07 Å². The van der Waals surface area contributed by atoms with Crippen molar-refractivity contribution in [1.82, 2.24) is 0 Å². The van der Waals surface area contributed by atoms with Crippen LogP contribution in [0.2, 0.25) is 0 Å². The standard InChI is InChI=1S/C17H24FNO/c1-11-9-17(14(12(2)20)10-15(11)18)19-8-4-6-13-5-3-7-16(13)19/h9-10,12-13,16,20H,3-8H2,1-2H3. The number of nitrogens with zero attached hydrogens (tertiary/aromatic N) is 1. The predicted molar refractivity (Wildman–Crippen MR) is 79.5 cm³/mol.